The number of rotatable bonds is 4. The molecular formula is C22H20ClN3. The van der Waals surface area contributed by atoms with Crippen LogP contribution in [-0.4, -0.2) is 9.97 Å². The van der Waals surface area contributed by atoms with Crippen LogP contribution in [0.1, 0.15) is 28.4 Å². The van der Waals surface area contributed by atoms with Gasteiger partial charge in [-0.2, -0.15) is 0 Å². The van der Waals surface area contributed by atoms with E-state index in [-0.39, 0.29) is 6.04 Å². The lowest BCUT2D eigenvalue weighted by Crippen LogP contribution is -2.14. The first-order chi connectivity index (χ1) is 12.6. The van der Waals surface area contributed by atoms with Crippen molar-refractivity contribution in [3.8, 4) is 0 Å². The molecule has 0 spiro atoms. The molecule has 3 nitrogen and oxygen atoms in total. The minimum Gasteiger partial charge on any atom is -0.359 e. The maximum absolute atomic E-state index is 6.11. The number of nitrogens with zero attached hydrogens (tertiary/aromatic N) is 1. The van der Waals surface area contributed by atoms with E-state index in [0.717, 1.165) is 27.6 Å². The maximum atomic E-state index is 6.11. The molecule has 0 aliphatic rings. The average molecular weight is 362 g/mol. The van der Waals surface area contributed by atoms with Crippen molar-refractivity contribution in [3.05, 3.63) is 94.3 Å². The van der Waals surface area contributed by atoms with Crippen molar-refractivity contribution in [2.45, 2.75) is 19.9 Å². The molecule has 0 saturated heterocycles. The third-order valence-electron chi connectivity index (χ3n) is 4.64. The number of aryl methyl sites for hydroxylation is 2. The number of benzene rings is 2. The first kappa shape index (κ1) is 16.7. The second-order valence-electron chi connectivity index (χ2n) is 6.56. The van der Waals surface area contributed by atoms with Gasteiger partial charge in [-0.3, -0.25) is 0 Å². The number of hydrogen-bond acceptors (Lipinski definition) is 2. The van der Waals surface area contributed by atoms with Gasteiger partial charge in [0.25, 0.3) is 0 Å². The summed E-state index contributed by atoms with van der Waals surface area (Å²) in [6, 6.07) is 20.4. The number of anilines is 1. The largest absolute Gasteiger partial charge is 0.359 e. The summed E-state index contributed by atoms with van der Waals surface area (Å²) in [5.41, 5.74) is 5.83. The van der Waals surface area contributed by atoms with Crippen LogP contribution in [0, 0.1) is 13.8 Å². The van der Waals surface area contributed by atoms with Gasteiger partial charge in [0.1, 0.15) is 5.82 Å². The highest BCUT2D eigenvalue weighted by molar-refractivity contribution is 6.30. The second kappa shape index (κ2) is 6.85. The van der Waals surface area contributed by atoms with Crippen molar-refractivity contribution in [1.29, 1.82) is 0 Å². The number of aromatic amines is 1. The molecule has 2 heterocycles. The smallest absolute Gasteiger partial charge is 0.126 e. The molecule has 2 aromatic carbocycles. The second-order valence-corrected chi connectivity index (χ2v) is 6.99. The highest BCUT2D eigenvalue weighted by Crippen LogP contribution is 2.34. The van der Waals surface area contributed by atoms with Crippen LogP contribution in [0.25, 0.3) is 10.9 Å². The van der Waals surface area contributed by atoms with Gasteiger partial charge < -0.3 is 10.3 Å². The molecule has 26 heavy (non-hydrogen) atoms. The van der Waals surface area contributed by atoms with E-state index in [9.17, 15) is 0 Å². The molecule has 4 heteroatoms. The van der Waals surface area contributed by atoms with Crippen LogP contribution in [-0.2, 0) is 0 Å². The van der Waals surface area contributed by atoms with Crippen molar-refractivity contribution < 1.29 is 0 Å². The molecule has 0 saturated carbocycles. The first-order valence-electron chi connectivity index (χ1n) is 8.63. The van der Waals surface area contributed by atoms with Crippen LogP contribution < -0.4 is 5.32 Å². The molecule has 0 radical (unpaired) electrons. The van der Waals surface area contributed by atoms with Gasteiger partial charge in [-0.05, 0) is 55.3 Å². The van der Waals surface area contributed by atoms with Gasteiger partial charge in [-0.25, -0.2) is 4.98 Å². The Balaban J connectivity index is 1.87. The molecule has 4 aromatic rings. The van der Waals surface area contributed by atoms with Gasteiger partial charge in [0.2, 0.25) is 0 Å². The predicted molar refractivity (Wildman–Crippen MR) is 109 cm³/mol. The number of para-hydroxylation sites is 1. The van der Waals surface area contributed by atoms with Gasteiger partial charge in [0.15, 0.2) is 0 Å². The fourth-order valence-electron chi connectivity index (χ4n) is 3.41. The summed E-state index contributed by atoms with van der Waals surface area (Å²) in [5.74, 6) is 0.856. The molecule has 2 N–H and O–H groups in total. The summed E-state index contributed by atoms with van der Waals surface area (Å²) in [7, 11) is 0. The standard InChI is InChI=1S/C22H20ClN3/c1-14-11-12-24-20(13-14)26-22(16-7-9-17(23)10-8-16)21-15(2)25-19-6-4-3-5-18(19)21/h3-13,22,25H,1-2H3,(H,24,26). The van der Waals surface area contributed by atoms with Crippen molar-refractivity contribution >= 4 is 28.3 Å². The Morgan fingerprint density at radius 3 is 2.54 bits per heavy atom. The molecule has 0 amide bonds. The summed E-state index contributed by atoms with van der Waals surface area (Å²) >= 11 is 6.11. The van der Waals surface area contributed by atoms with Crippen LogP contribution in [0.3, 0.4) is 0 Å². The van der Waals surface area contributed by atoms with E-state index < -0.39 is 0 Å². The summed E-state index contributed by atoms with van der Waals surface area (Å²) in [6.07, 6.45) is 1.83. The Morgan fingerprint density at radius 1 is 1.00 bits per heavy atom. The minimum atomic E-state index is -0.0299. The number of aromatic nitrogens is 2. The van der Waals surface area contributed by atoms with E-state index in [0.29, 0.717) is 0 Å². The van der Waals surface area contributed by atoms with Gasteiger partial charge in [0, 0.05) is 33.4 Å². The summed E-state index contributed by atoms with van der Waals surface area (Å²) in [6.45, 7) is 4.19. The molecule has 0 aliphatic heterocycles. The van der Waals surface area contributed by atoms with E-state index in [1.165, 1.54) is 16.5 Å². The number of halogens is 1. The molecule has 0 fully saturated rings. The first-order valence-corrected chi connectivity index (χ1v) is 9.01. The van der Waals surface area contributed by atoms with Gasteiger partial charge in [-0.1, -0.05) is 41.9 Å². The zero-order valence-corrected chi connectivity index (χ0v) is 15.5. The monoisotopic (exact) mass is 361 g/mol. The quantitative estimate of drug-likeness (QED) is 0.465. The Kier molecular flexibility index (Phi) is 4.39. The number of hydrogen-bond donors (Lipinski definition) is 2. The van der Waals surface area contributed by atoms with Crippen molar-refractivity contribution in [1.82, 2.24) is 9.97 Å². The van der Waals surface area contributed by atoms with Crippen LogP contribution in [0.2, 0.25) is 5.02 Å². The number of pyridine rings is 1. The van der Waals surface area contributed by atoms with Crippen molar-refractivity contribution in [2.75, 3.05) is 5.32 Å². The highest BCUT2D eigenvalue weighted by atomic mass is 35.5. The molecule has 1 unspecified atom stereocenters. The van der Waals surface area contributed by atoms with Crippen LogP contribution in [0.15, 0.2) is 66.9 Å². The van der Waals surface area contributed by atoms with Gasteiger partial charge in [0.05, 0.1) is 6.04 Å². The van der Waals surface area contributed by atoms with Crippen molar-refractivity contribution in [3.63, 3.8) is 0 Å². The fourth-order valence-corrected chi connectivity index (χ4v) is 3.54. The molecule has 1 atom stereocenters. The zero-order chi connectivity index (χ0) is 18.1. The fraction of sp³-hybridized carbons (Fsp3) is 0.136. The van der Waals surface area contributed by atoms with Gasteiger partial charge >= 0.3 is 0 Å². The van der Waals surface area contributed by atoms with E-state index in [2.05, 4.69) is 71.6 Å². The molecule has 2 aromatic heterocycles. The third kappa shape index (κ3) is 3.18. The lowest BCUT2D eigenvalue weighted by molar-refractivity contribution is 0.921. The summed E-state index contributed by atoms with van der Waals surface area (Å²) < 4.78 is 0. The number of nitrogens with one attached hydrogen (secondary N) is 2. The maximum Gasteiger partial charge on any atom is 0.126 e. The van der Waals surface area contributed by atoms with Crippen LogP contribution in [0.4, 0.5) is 5.82 Å². The average Bonchev–Trinajstić information content (AvgIpc) is 2.96. The van der Waals surface area contributed by atoms with E-state index in [1.54, 1.807) is 0 Å². The Hall–Kier alpha value is -2.78. The van der Waals surface area contributed by atoms with Crippen LogP contribution in [0.5, 0.6) is 0 Å². The lowest BCUT2D eigenvalue weighted by atomic mass is 9.96. The normalized spacial score (nSPS) is 12.3. The molecular weight excluding hydrogens is 342 g/mol. The van der Waals surface area contributed by atoms with E-state index in [1.807, 2.05) is 24.4 Å². The SMILES string of the molecule is Cc1ccnc(NC(c2ccc(Cl)cc2)c2c(C)[nH]c3ccccc23)c1. The summed E-state index contributed by atoms with van der Waals surface area (Å²) in [5, 5.41) is 5.56. The molecule has 0 bridgehead atoms. The topological polar surface area (TPSA) is 40.7 Å². The van der Waals surface area contributed by atoms with E-state index in [4.69, 9.17) is 11.6 Å². The minimum absolute atomic E-state index is 0.0299. The molecule has 4 rings (SSSR count). The molecule has 130 valence electrons. The Bertz CT molecular complexity index is 1050. The molecule has 0 aliphatic carbocycles. The Morgan fingerprint density at radius 2 is 1.77 bits per heavy atom. The predicted octanol–water partition coefficient (Wildman–Crippen LogP) is 6.03. The lowest BCUT2D eigenvalue weighted by Gasteiger charge is -2.21. The number of fused-ring (bicyclic) bond motifs is 1. The number of H-pyrrole nitrogens is 1. The highest BCUT2D eigenvalue weighted by Gasteiger charge is 2.21. The van der Waals surface area contributed by atoms with Crippen LogP contribution >= 0.6 is 11.6 Å². The third-order valence-corrected chi connectivity index (χ3v) is 4.90. The van der Waals surface area contributed by atoms with Gasteiger partial charge in [-0.15, -0.1) is 0 Å². The zero-order valence-electron chi connectivity index (χ0n) is 14.8. The van der Waals surface area contributed by atoms with E-state index >= 15 is 0 Å². The van der Waals surface area contributed by atoms with Crippen molar-refractivity contribution in [2.24, 2.45) is 0 Å². The Labute approximate surface area is 158 Å². The summed E-state index contributed by atoms with van der Waals surface area (Å²) in [4.78, 5) is 7.99.